The number of unbranched alkanes of at least 4 members (excludes halogenated alkanes) is 4. The Morgan fingerprint density at radius 1 is 1.20 bits per heavy atom. The van der Waals surface area contributed by atoms with Crippen molar-refractivity contribution in [3.8, 4) is 0 Å². The van der Waals surface area contributed by atoms with Crippen molar-refractivity contribution in [1.82, 2.24) is 9.80 Å². The van der Waals surface area contributed by atoms with Gasteiger partial charge >= 0.3 is 5.97 Å². The monoisotopic (exact) mass is 492 g/mol. The number of carbonyl (C=O) groups is 3. The number of carbonyl (C=O) groups excluding carboxylic acids is 3. The van der Waals surface area contributed by atoms with E-state index in [2.05, 4.69) is 13.5 Å². The second-order valence-electron chi connectivity index (χ2n) is 10.2. The highest BCUT2D eigenvalue weighted by molar-refractivity contribution is 5.98. The van der Waals surface area contributed by atoms with Crippen LogP contribution in [-0.4, -0.2) is 82.8 Å². The zero-order chi connectivity index (χ0) is 25.6. The van der Waals surface area contributed by atoms with Crippen LogP contribution in [0.25, 0.3) is 0 Å². The number of fused-ring (bicyclic) bond motifs is 1. The van der Waals surface area contributed by atoms with Gasteiger partial charge in [-0.15, -0.1) is 6.58 Å². The molecule has 1 N–H and O–H groups in total. The van der Waals surface area contributed by atoms with E-state index in [9.17, 15) is 14.4 Å². The Morgan fingerprint density at radius 2 is 1.94 bits per heavy atom. The largest absolute Gasteiger partial charge is 0.466 e. The summed E-state index contributed by atoms with van der Waals surface area (Å²) in [5.74, 6) is -2.04. The van der Waals surface area contributed by atoms with Crippen LogP contribution in [0.3, 0.4) is 0 Å². The van der Waals surface area contributed by atoms with Gasteiger partial charge in [0.25, 0.3) is 0 Å². The predicted molar refractivity (Wildman–Crippen MR) is 132 cm³/mol. The van der Waals surface area contributed by atoms with E-state index < -0.39 is 29.1 Å². The van der Waals surface area contributed by atoms with Crippen LogP contribution >= 0.6 is 0 Å². The molecule has 2 unspecified atom stereocenters. The average Bonchev–Trinajstić information content (AvgIpc) is 3.45. The van der Waals surface area contributed by atoms with Crippen LogP contribution in [0.5, 0.6) is 0 Å². The van der Waals surface area contributed by atoms with Gasteiger partial charge in [0, 0.05) is 26.2 Å². The summed E-state index contributed by atoms with van der Waals surface area (Å²) in [6.45, 7) is 11.5. The number of aliphatic hydroxyl groups excluding tert-OH is 1. The van der Waals surface area contributed by atoms with E-state index in [1.807, 2.05) is 6.92 Å². The second kappa shape index (κ2) is 11.9. The summed E-state index contributed by atoms with van der Waals surface area (Å²) in [4.78, 5) is 44.8. The fourth-order valence-corrected chi connectivity index (χ4v) is 6.55. The number of rotatable bonds is 15. The highest BCUT2D eigenvalue weighted by Gasteiger charge is 2.79. The van der Waals surface area contributed by atoms with Crippen molar-refractivity contribution in [2.24, 2.45) is 11.8 Å². The lowest BCUT2D eigenvalue weighted by Gasteiger charge is -2.37. The maximum Gasteiger partial charge on any atom is 0.312 e. The SMILES string of the molecule is C=CCN(CCCC)C(=O)C1N(CCCCCCO)C(=O)[C@@H]2[C@@H](C(=O)OCC)[C@@]3(CC)CCC12O3. The molecule has 1 spiro atoms. The summed E-state index contributed by atoms with van der Waals surface area (Å²) in [5, 5.41) is 9.09. The van der Waals surface area contributed by atoms with E-state index in [-0.39, 0.29) is 31.0 Å². The Bertz CT molecular complexity index is 788. The minimum atomic E-state index is -1.00. The Morgan fingerprint density at radius 3 is 2.57 bits per heavy atom. The molecule has 3 aliphatic heterocycles. The van der Waals surface area contributed by atoms with Crippen LogP contribution in [0.1, 0.15) is 78.6 Å². The van der Waals surface area contributed by atoms with E-state index in [1.54, 1.807) is 22.8 Å². The van der Waals surface area contributed by atoms with E-state index in [0.717, 1.165) is 38.5 Å². The molecule has 3 rings (SSSR count). The predicted octanol–water partition coefficient (Wildman–Crippen LogP) is 3.07. The number of aliphatic hydroxyl groups is 1. The molecular formula is C27H44N2O6. The molecule has 3 heterocycles. The number of nitrogens with zero attached hydrogens (tertiary/aromatic N) is 2. The highest BCUT2D eigenvalue weighted by Crippen LogP contribution is 2.64. The molecule has 2 bridgehead atoms. The smallest absolute Gasteiger partial charge is 0.312 e. The molecule has 3 fully saturated rings. The summed E-state index contributed by atoms with van der Waals surface area (Å²) in [7, 11) is 0. The molecule has 0 aliphatic carbocycles. The van der Waals surface area contributed by atoms with Crippen molar-refractivity contribution in [1.29, 1.82) is 0 Å². The van der Waals surface area contributed by atoms with Gasteiger partial charge in [0.2, 0.25) is 11.8 Å². The third-order valence-corrected chi connectivity index (χ3v) is 8.21. The second-order valence-corrected chi connectivity index (χ2v) is 10.2. The summed E-state index contributed by atoms with van der Waals surface area (Å²) in [5.41, 5.74) is -1.76. The van der Waals surface area contributed by atoms with Crippen molar-refractivity contribution < 1.29 is 29.0 Å². The maximum absolute atomic E-state index is 14.1. The van der Waals surface area contributed by atoms with Crippen molar-refractivity contribution in [3.05, 3.63) is 12.7 Å². The van der Waals surface area contributed by atoms with Gasteiger partial charge < -0.3 is 24.4 Å². The molecule has 3 aliphatic rings. The Kier molecular flexibility index (Phi) is 9.38. The first-order valence-corrected chi connectivity index (χ1v) is 13.5. The van der Waals surface area contributed by atoms with Gasteiger partial charge in [0.05, 0.1) is 18.1 Å². The number of ether oxygens (including phenoxy) is 2. The first kappa shape index (κ1) is 27.7. The van der Waals surface area contributed by atoms with E-state index in [0.29, 0.717) is 38.9 Å². The summed E-state index contributed by atoms with van der Waals surface area (Å²) in [6, 6.07) is -0.748. The molecule has 0 radical (unpaired) electrons. The lowest BCUT2D eigenvalue weighted by molar-refractivity contribution is -0.161. The fraction of sp³-hybridized carbons (Fsp3) is 0.815. The van der Waals surface area contributed by atoms with Crippen molar-refractivity contribution in [2.45, 2.75) is 95.8 Å². The molecule has 3 saturated heterocycles. The average molecular weight is 493 g/mol. The minimum absolute atomic E-state index is 0.110. The zero-order valence-corrected chi connectivity index (χ0v) is 21.8. The Balaban J connectivity index is 1.98. The van der Waals surface area contributed by atoms with Gasteiger partial charge in [-0.25, -0.2) is 0 Å². The molecule has 8 nitrogen and oxygen atoms in total. The van der Waals surface area contributed by atoms with Crippen LogP contribution in [-0.2, 0) is 23.9 Å². The lowest BCUT2D eigenvalue weighted by atomic mass is 9.65. The van der Waals surface area contributed by atoms with Gasteiger partial charge in [-0.3, -0.25) is 14.4 Å². The lowest BCUT2D eigenvalue weighted by Crippen LogP contribution is -2.56. The van der Waals surface area contributed by atoms with Gasteiger partial charge in [-0.1, -0.05) is 39.2 Å². The number of esters is 1. The van der Waals surface area contributed by atoms with Crippen LogP contribution in [0, 0.1) is 11.8 Å². The van der Waals surface area contributed by atoms with E-state index in [4.69, 9.17) is 14.6 Å². The van der Waals surface area contributed by atoms with Crippen molar-refractivity contribution in [2.75, 3.05) is 32.8 Å². The maximum atomic E-state index is 14.1. The molecule has 5 atom stereocenters. The topological polar surface area (TPSA) is 96.4 Å². The van der Waals surface area contributed by atoms with Crippen LogP contribution < -0.4 is 0 Å². The van der Waals surface area contributed by atoms with Gasteiger partial charge in [-0.2, -0.15) is 0 Å². The van der Waals surface area contributed by atoms with Crippen LogP contribution in [0.15, 0.2) is 12.7 Å². The molecule has 198 valence electrons. The zero-order valence-electron chi connectivity index (χ0n) is 21.8. The molecule has 0 aromatic carbocycles. The van der Waals surface area contributed by atoms with Crippen molar-refractivity contribution >= 4 is 17.8 Å². The Hall–Kier alpha value is -1.93. The number of likely N-dealkylation sites (tertiary alicyclic amines) is 1. The Labute approximate surface area is 210 Å². The summed E-state index contributed by atoms with van der Waals surface area (Å²) >= 11 is 0. The molecule has 0 aromatic heterocycles. The van der Waals surface area contributed by atoms with Crippen LogP contribution in [0.4, 0.5) is 0 Å². The fourth-order valence-electron chi connectivity index (χ4n) is 6.55. The quantitative estimate of drug-likeness (QED) is 0.214. The number of amides is 2. The summed E-state index contributed by atoms with van der Waals surface area (Å²) < 4.78 is 12.2. The third kappa shape index (κ3) is 4.88. The molecule has 2 amide bonds. The molecule has 0 aromatic rings. The summed E-state index contributed by atoms with van der Waals surface area (Å²) in [6.07, 6.45) is 8.54. The number of hydrogen-bond donors (Lipinski definition) is 1. The standard InChI is InChI=1S/C27H44N2O6/c1-5-9-17-28(16-6-2)24(32)22-27-15-14-26(7-3,35-27)21(25(33)34-8-4)20(27)23(31)29(22)18-12-10-11-13-19-30/h6,20-22,30H,2,5,7-19H2,1,3-4H3/t20-,21-,22?,26+,27?/m0/s1. The first-order chi connectivity index (χ1) is 16.9. The van der Waals surface area contributed by atoms with Gasteiger partial charge in [0.1, 0.15) is 17.6 Å². The van der Waals surface area contributed by atoms with E-state index in [1.165, 1.54) is 0 Å². The molecule has 35 heavy (non-hydrogen) atoms. The normalized spacial score (nSPS) is 31.0. The van der Waals surface area contributed by atoms with Crippen molar-refractivity contribution in [3.63, 3.8) is 0 Å². The number of hydrogen-bond acceptors (Lipinski definition) is 6. The van der Waals surface area contributed by atoms with Gasteiger partial charge in [-0.05, 0) is 45.4 Å². The molecule has 0 saturated carbocycles. The highest BCUT2D eigenvalue weighted by atomic mass is 16.6. The first-order valence-electron chi connectivity index (χ1n) is 13.5. The van der Waals surface area contributed by atoms with Gasteiger partial charge in [0.15, 0.2) is 0 Å². The van der Waals surface area contributed by atoms with Crippen LogP contribution in [0.2, 0.25) is 0 Å². The minimum Gasteiger partial charge on any atom is -0.466 e. The molecule has 8 heteroatoms. The molecular weight excluding hydrogens is 448 g/mol. The third-order valence-electron chi connectivity index (χ3n) is 8.21. The van der Waals surface area contributed by atoms with E-state index >= 15 is 0 Å².